The molecule has 106 valence electrons. The summed E-state index contributed by atoms with van der Waals surface area (Å²) in [4.78, 5) is 26.4. The van der Waals surface area contributed by atoms with Crippen molar-refractivity contribution in [3.8, 4) is 0 Å². The highest BCUT2D eigenvalue weighted by Gasteiger charge is 2.32. The molecule has 8 nitrogen and oxygen atoms in total. The molecule has 2 amide bonds. The van der Waals surface area contributed by atoms with E-state index in [0.717, 1.165) is 0 Å². The lowest BCUT2D eigenvalue weighted by atomic mass is 9.87. The van der Waals surface area contributed by atoms with E-state index in [4.69, 9.17) is 9.63 Å². The number of urea groups is 1. The lowest BCUT2D eigenvalue weighted by Crippen LogP contribution is -2.52. The van der Waals surface area contributed by atoms with E-state index in [1.807, 2.05) is 0 Å². The second-order valence-electron chi connectivity index (χ2n) is 5.12. The van der Waals surface area contributed by atoms with Gasteiger partial charge in [-0.25, -0.2) is 9.59 Å². The fraction of sp³-hybridized carbons (Fsp3) is 0.636. The van der Waals surface area contributed by atoms with E-state index in [2.05, 4.69) is 20.8 Å². The average Bonchev–Trinajstić information content (AvgIpc) is 2.77. The summed E-state index contributed by atoms with van der Waals surface area (Å²) in [5.41, 5.74) is -0.574. The highest BCUT2D eigenvalue weighted by atomic mass is 16.5. The molecule has 0 spiro atoms. The quantitative estimate of drug-likeness (QED) is 0.713. The van der Waals surface area contributed by atoms with Gasteiger partial charge in [-0.2, -0.15) is 4.98 Å². The Morgan fingerprint density at radius 3 is 2.63 bits per heavy atom. The summed E-state index contributed by atoms with van der Waals surface area (Å²) in [6, 6.07) is -1.50. The van der Waals surface area contributed by atoms with Crippen molar-refractivity contribution < 1.29 is 19.2 Å². The molecule has 0 fully saturated rings. The van der Waals surface area contributed by atoms with Gasteiger partial charge in [0, 0.05) is 13.0 Å². The Morgan fingerprint density at radius 2 is 2.16 bits per heavy atom. The van der Waals surface area contributed by atoms with Gasteiger partial charge in [0.05, 0.1) is 0 Å². The lowest BCUT2D eigenvalue weighted by Gasteiger charge is -2.27. The zero-order valence-electron chi connectivity index (χ0n) is 11.1. The summed E-state index contributed by atoms with van der Waals surface area (Å²) in [5, 5.41) is 17.4. The Hall–Kier alpha value is -2.12. The Kier molecular flexibility index (Phi) is 4.85. The number of nitrogens with zero attached hydrogens (tertiary/aromatic N) is 2. The maximum Gasteiger partial charge on any atom is 0.326 e. The highest BCUT2D eigenvalue weighted by Crippen LogP contribution is 2.19. The van der Waals surface area contributed by atoms with Gasteiger partial charge >= 0.3 is 12.0 Å². The van der Waals surface area contributed by atoms with Gasteiger partial charge in [0.25, 0.3) is 0 Å². The van der Waals surface area contributed by atoms with Gasteiger partial charge < -0.3 is 20.3 Å². The third-order valence-corrected chi connectivity index (χ3v) is 2.42. The van der Waals surface area contributed by atoms with E-state index in [1.54, 1.807) is 20.8 Å². The molecule has 0 aliphatic heterocycles. The molecule has 1 aromatic heterocycles. The topological polar surface area (TPSA) is 117 Å². The Morgan fingerprint density at radius 1 is 1.47 bits per heavy atom. The number of aromatic nitrogens is 2. The van der Waals surface area contributed by atoms with Crippen LogP contribution in [0.25, 0.3) is 0 Å². The van der Waals surface area contributed by atoms with Crippen LogP contribution in [0.4, 0.5) is 4.79 Å². The third kappa shape index (κ3) is 4.94. The van der Waals surface area contributed by atoms with Gasteiger partial charge in [0.15, 0.2) is 6.33 Å². The van der Waals surface area contributed by atoms with E-state index in [0.29, 0.717) is 12.3 Å². The van der Waals surface area contributed by atoms with E-state index in [-0.39, 0.29) is 6.54 Å². The molecule has 0 aliphatic rings. The van der Waals surface area contributed by atoms with Crippen molar-refractivity contribution >= 4 is 12.0 Å². The maximum atomic E-state index is 11.6. The summed E-state index contributed by atoms with van der Waals surface area (Å²) in [7, 11) is 0. The van der Waals surface area contributed by atoms with Crippen LogP contribution < -0.4 is 10.6 Å². The Bertz CT molecular complexity index is 424. The minimum Gasteiger partial charge on any atom is -0.480 e. The minimum atomic E-state index is -1.07. The van der Waals surface area contributed by atoms with Crippen molar-refractivity contribution in [2.24, 2.45) is 5.41 Å². The van der Waals surface area contributed by atoms with Crippen molar-refractivity contribution in [1.82, 2.24) is 20.8 Å². The van der Waals surface area contributed by atoms with E-state index in [9.17, 15) is 9.59 Å². The number of hydrogen-bond donors (Lipinski definition) is 3. The number of carboxylic acid groups (broad SMARTS) is 1. The molecule has 19 heavy (non-hydrogen) atoms. The van der Waals surface area contributed by atoms with Crippen molar-refractivity contribution in [3.63, 3.8) is 0 Å². The van der Waals surface area contributed by atoms with Gasteiger partial charge in [-0.3, -0.25) is 0 Å². The second-order valence-corrected chi connectivity index (χ2v) is 5.12. The molecule has 0 saturated carbocycles. The largest absolute Gasteiger partial charge is 0.480 e. The van der Waals surface area contributed by atoms with Crippen LogP contribution in [-0.2, 0) is 11.2 Å². The molecule has 3 N–H and O–H groups in total. The summed E-state index contributed by atoms with van der Waals surface area (Å²) in [5.74, 6) is -0.662. The minimum absolute atomic E-state index is 0.282. The molecule has 1 rings (SSSR count). The van der Waals surface area contributed by atoms with E-state index < -0.39 is 23.5 Å². The monoisotopic (exact) mass is 270 g/mol. The van der Waals surface area contributed by atoms with Crippen molar-refractivity contribution in [2.45, 2.75) is 33.2 Å². The van der Waals surface area contributed by atoms with Crippen LogP contribution >= 0.6 is 0 Å². The zero-order valence-corrected chi connectivity index (χ0v) is 11.1. The SMILES string of the molecule is CC(C)(C)C(NC(=O)NCCc1ncno1)C(=O)O. The summed E-state index contributed by atoms with van der Waals surface area (Å²) < 4.78 is 4.76. The number of aliphatic carboxylic acids is 1. The van der Waals surface area contributed by atoms with E-state index in [1.165, 1.54) is 6.33 Å². The number of carbonyl (C=O) groups is 2. The molecule has 0 aromatic carbocycles. The molecule has 8 heteroatoms. The molecule has 0 aliphatic carbocycles. The standard InChI is InChI=1S/C11H18N4O4/c1-11(2,3)8(9(16)17)15-10(18)12-5-4-7-13-6-14-19-7/h6,8H,4-5H2,1-3H3,(H,16,17)(H2,12,15,18). The first kappa shape index (κ1) is 14.9. The molecule has 1 atom stereocenters. The van der Waals surface area contributed by atoms with Crippen LogP contribution in [0, 0.1) is 5.41 Å². The van der Waals surface area contributed by atoms with Crippen LogP contribution in [0.5, 0.6) is 0 Å². The number of amides is 2. The molecular weight excluding hydrogens is 252 g/mol. The van der Waals surface area contributed by atoms with Crippen LogP contribution in [-0.4, -0.2) is 39.8 Å². The van der Waals surface area contributed by atoms with Gasteiger partial charge in [-0.1, -0.05) is 25.9 Å². The molecule has 0 bridgehead atoms. The Balaban J connectivity index is 2.39. The number of carbonyl (C=O) groups excluding carboxylic acids is 1. The fourth-order valence-electron chi connectivity index (χ4n) is 1.42. The normalized spacial score (nSPS) is 12.8. The number of carboxylic acids is 1. The smallest absolute Gasteiger partial charge is 0.326 e. The zero-order chi connectivity index (χ0) is 14.5. The summed E-state index contributed by atoms with van der Waals surface area (Å²) in [6.45, 7) is 5.50. The molecule has 0 saturated heterocycles. The molecule has 1 unspecified atom stereocenters. The maximum absolute atomic E-state index is 11.6. The van der Waals surface area contributed by atoms with Crippen LogP contribution in [0.3, 0.4) is 0 Å². The first-order valence-electron chi connectivity index (χ1n) is 5.83. The fourth-order valence-corrected chi connectivity index (χ4v) is 1.42. The summed E-state index contributed by atoms with van der Waals surface area (Å²) >= 11 is 0. The summed E-state index contributed by atoms with van der Waals surface area (Å²) in [6.07, 6.45) is 1.66. The predicted molar refractivity (Wildman–Crippen MR) is 65.4 cm³/mol. The third-order valence-electron chi connectivity index (χ3n) is 2.42. The van der Waals surface area contributed by atoms with Gasteiger partial charge in [0.1, 0.15) is 6.04 Å². The van der Waals surface area contributed by atoms with E-state index >= 15 is 0 Å². The van der Waals surface area contributed by atoms with Crippen LogP contribution in [0.2, 0.25) is 0 Å². The van der Waals surface area contributed by atoms with Gasteiger partial charge in [-0.15, -0.1) is 0 Å². The second kappa shape index (κ2) is 6.17. The first-order chi connectivity index (χ1) is 8.80. The number of nitrogens with one attached hydrogen (secondary N) is 2. The lowest BCUT2D eigenvalue weighted by molar-refractivity contribution is -0.141. The predicted octanol–water partition coefficient (Wildman–Crippen LogP) is 0.411. The first-order valence-corrected chi connectivity index (χ1v) is 5.83. The molecule has 0 radical (unpaired) electrons. The number of rotatable bonds is 5. The highest BCUT2D eigenvalue weighted by molar-refractivity contribution is 5.83. The van der Waals surface area contributed by atoms with Gasteiger partial charge in [-0.05, 0) is 5.41 Å². The Labute approximate surface area is 110 Å². The average molecular weight is 270 g/mol. The van der Waals surface area contributed by atoms with Crippen molar-refractivity contribution in [3.05, 3.63) is 12.2 Å². The van der Waals surface area contributed by atoms with Crippen LogP contribution in [0.15, 0.2) is 10.9 Å². The molecule has 1 aromatic rings. The van der Waals surface area contributed by atoms with Crippen molar-refractivity contribution in [2.75, 3.05) is 6.54 Å². The molecule has 1 heterocycles. The molecular formula is C11H18N4O4. The van der Waals surface area contributed by atoms with Crippen molar-refractivity contribution in [1.29, 1.82) is 0 Å². The number of hydrogen-bond acceptors (Lipinski definition) is 5. The van der Waals surface area contributed by atoms with Crippen LogP contribution in [0.1, 0.15) is 26.7 Å². The van der Waals surface area contributed by atoms with Gasteiger partial charge in [0.2, 0.25) is 5.89 Å².